The second-order valence-corrected chi connectivity index (χ2v) is 2.45. The maximum Gasteiger partial charge on any atom is 0.348 e. The predicted molar refractivity (Wildman–Crippen MR) is 51.2 cm³/mol. The Balaban J connectivity index is 2.89. The van der Waals surface area contributed by atoms with Crippen LogP contribution in [0.5, 0.6) is 0 Å². The van der Waals surface area contributed by atoms with Crippen molar-refractivity contribution in [3.8, 4) is 12.0 Å². The average molecular weight is 177 g/mol. The minimum absolute atomic E-state index is 0.289. The summed E-state index contributed by atoms with van der Waals surface area (Å²) < 4.78 is 1.41. The number of hydrogen-bond acceptors (Lipinski definition) is 3. The molecule has 1 rings (SSSR count). The molecule has 0 unspecified atom stereocenters. The lowest BCUT2D eigenvalue weighted by molar-refractivity contribution is 0.821. The zero-order valence-corrected chi connectivity index (χ0v) is 7.66. The summed E-state index contributed by atoms with van der Waals surface area (Å²) >= 11 is 0. The predicted octanol–water partition coefficient (Wildman–Crippen LogP) is 0.563. The topological polar surface area (TPSA) is 46.9 Å². The molecule has 0 radical (unpaired) electrons. The maximum absolute atomic E-state index is 11.0. The molecule has 4 nitrogen and oxygen atoms in total. The second kappa shape index (κ2) is 4.31. The first kappa shape index (κ1) is 9.33. The van der Waals surface area contributed by atoms with Gasteiger partial charge in [0, 0.05) is 25.7 Å². The first-order valence-electron chi connectivity index (χ1n) is 4.01. The Morgan fingerprint density at radius 1 is 1.69 bits per heavy atom. The Morgan fingerprint density at radius 2 is 2.46 bits per heavy atom. The van der Waals surface area contributed by atoms with Gasteiger partial charge >= 0.3 is 5.69 Å². The van der Waals surface area contributed by atoms with Gasteiger partial charge in [-0.1, -0.05) is 12.8 Å². The molecule has 0 aliphatic heterocycles. The van der Waals surface area contributed by atoms with Gasteiger partial charge in [0.25, 0.3) is 0 Å². The summed E-state index contributed by atoms with van der Waals surface area (Å²) in [6, 6.07) is 4.43. The Morgan fingerprint density at radius 3 is 3.15 bits per heavy atom. The van der Waals surface area contributed by atoms with Crippen LogP contribution in [-0.4, -0.2) is 9.55 Å². The summed E-state index contributed by atoms with van der Waals surface area (Å²) in [5, 5.41) is 2.82. The molecule has 0 bridgehead atoms. The van der Waals surface area contributed by atoms with E-state index >= 15 is 0 Å². The third kappa shape index (κ3) is 2.34. The highest BCUT2D eigenvalue weighted by molar-refractivity contribution is 5.39. The average Bonchev–Trinajstić information content (AvgIpc) is 2.13. The summed E-state index contributed by atoms with van der Waals surface area (Å²) in [4.78, 5) is 14.6. The fraction of sp³-hybridized carbons (Fsp3) is 0.333. The SMILES string of the molecule is CCC#CNc1ccnc(=O)n1C. The summed E-state index contributed by atoms with van der Waals surface area (Å²) in [5.74, 6) is 3.50. The third-order valence-corrected chi connectivity index (χ3v) is 1.52. The lowest BCUT2D eigenvalue weighted by Crippen LogP contribution is -2.21. The molecule has 0 atom stereocenters. The van der Waals surface area contributed by atoms with Gasteiger partial charge in [-0.25, -0.2) is 9.78 Å². The minimum atomic E-state index is -0.289. The highest BCUT2D eigenvalue weighted by Gasteiger charge is 1.95. The maximum atomic E-state index is 11.0. The standard InChI is InChI=1S/C9H11N3O/c1-3-4-6-10-8-5-7-11-9(13)12(8)2/h5,7,10H,3H2,1-2H3. The van der Waals surface area contributed by atoms with Gasteiger partial charge in [-0.15, -0.1) is 0 Å². The minimum Gasteiger partial charge on any atom is -0.301 e. The Hall–Kier alpha value is -1.76. The van der Waals surface area contributed by atoms with Crippen LogP contribution in [0.1, 0.15) is 13.3 Å². The Labute approximate surface area is 76.6 Å². The van der Waals surface area contributed by atoms with Crippen molar-refractivity contribution in [3.05, 3.63) is 22.7 Å². The summed E-state index contributed by atoms with van der Waals surface area (Å²) in [7, 11) is 1.64. The molecule has 0 spiro atoms. The molecule has 0 fully saturated rings. The van der Waals surface area contributed by atoms with E-state index in [-0.39, 0.29) is 5.69 Å². The van der Waals surface area contributed by atoms with E-state index in [0.717, 1.165) is 6.42 Å². The zero-order chi connectivity index (χ0) is 9.68. The zero-order valence-electron chi connectivity index (χ0n) is 7.66. The van der Waals surface area contributed by atoms with Crippen molar-refractivity contribution in [1.29, 1.82) is 0 Å². The summed E-state index contributed by atoms with van der Waals surface area (Å²) in [6.07, 6.45) is 2.24. The molecule has 68 valence electrons. The van der Waals surface area contributed by atoms with Crippen molar-refractivity contribution >= 4 is 5.82 Å². The van der Waals surface area contributed by atoms with E-state index in [2.05, 4.69) is 22.3 Å². The van der Waals surface area contributed by atoms with E-state index in [0.29, 0.717) is 5.82 Å². The molecular weight excluding hydrogens is 166 g/mol. The van der Waals surface area contributed by atoms with Crippen molar-refractivity contribution in [2.24, 2.45) is 7.05 Å². The first-order valence-corrected chi connectivity index (χ1v) is 4.01. The van der Waals surface area contributed by atoms with Crippen LogP contribution in [0, 0.1) is 12.0 Å². The monoisotopic (exact) mass is 177 g/mol. The molecule has 1 heterocycles. The van der Waals surface area contributed by atoms with Crippen LogP contribution in [0.4, 0.5) is 5.82 Å². The number of rotatable bonds is 1. The normalized spacial score (nSPS) is 8.77. The van der Waals surface area contributed by atoms with Crippen LogP contribution in [0.2, 0.25) is 0 Å². The molecule has 0 saturated heterocycles. The largest absolute Gasteiger partial charge is 0.348 e. The molecule has 13 heavy (non-hydrogen) atoms. The van der Waals surface area contributed by atoms with Crippen molar-refractivity contribution in [3.63, 3.8) is 0 Å². The molecule has 1 aromatic heterocycles. The van der Waals surface area contributed by atoms with Crippen molar-refractivity contribution < 1.29 is 0 Å². The highest BCUT2D eigenvalue weighted by Crippen LogP contribution is 1.97. The van der Waals surface area contributed by atoms with Crippen LogP contribution in [0.15, 0.2) is 17.1 Å². The van der Waals surface area contributed by atoms with Crippen LogP contribution in [-0.2, 0) is 7.05 Å². The number of aromatic nitrogens is 2. The number of nitrogens with zero attached hydrogens (tertiary/aromatic N) is 2. The molecule has 1 aromatic rings. The molecule has 0 saturated carbocycles. The van der Waals surface area contributed by atoms with Gasteiger partial charge in [-0.2, -0.15) is 0 Å². The van der Waals surface area contributed by atoms with Gasteiger partial charge in [-0.05, 0) is 6.07 Å². The van der Waals surface area contributed by atoms with Gasteiger partial charge < -0.3 is 5.32 Å². The summed E-state index contributed by atoms with van der Waals surface area (Å²) in [5.41, 5.74) is -0.289. The molecule has 0 aliphatic carbocycles. The third-order valence-electron chi connectivity index (χ3n) is 1.52. The van der Waals surface area contributed by atoms with E-state index in [1.54, 1.807) is 13.1 Å². The second-order valence-electron chi connectivity index (χ2n) is 2.45. The fourth-order valence-corrected chi connectivity index (χ4v) is 0.795. The Kier molecular flexibility index (Phi) is 3.09. The van der Waals surface area contributed by atoms with Gasteiger partial charge in [0.05, 0.1) is 0 Å². The van der Waals surface area contributed by atoms with Gasteiger partial charge in [0.15, 0.2) is 0 Å². The highest BCUT2D eigenvalue weighted by atomic mass is 16.1. The lowest BCUT2D eigenvalue weighted by Gasteiger charge is -2.02. The van der Waals surface area contributed by atoms with Crippen LogP contribution >= 0.6 is 0 Å². The van der Waals surface area contributed by atoms with E-state index in [1.165, 1.54) is 10.8 Å². The quantitative estimate of drug-likeness (QED) is 0.503. The number of nitrogens with one attached hydrogen (secondary N) is 1. The fourth-order valence-electron chi connectivity index (χ4n) is 0.795. The van der Waals surface area contributed by atoms with Crippen molar-refractivity contribution in [2.75, 3.05) is 5.32 Å². The first-order chi connectivity index (χ1) is 6.25. The lowest BCUT2D eigenvalue weighted by atomic mass is 10.5. The molecular formula is C9H11N3O. The van der Waals surface area contributed by atoms with E-state index < -0.39 is 0 Å². The van der Waals surface area contributed by atoms with Gasteiger partial charge in [0.1, 0.15) is 5.82 Å². The van der Waals surface area contributed by atoms with Gasteiger partial charge in [-0.3, -0.25) is 4.57 Å². The molecule has 1 N–H and O–H groups in total. The Bertz CT molecular complexity index is 397. The summed E-state index contributed by atoms with van der Waals surface area (Å²) in [6.45, 7) is 1.96. The molecule has 0 amide bonds. The number of anilines is 1. The van der Waals surface area contributed by atoms with Gasteiger partial charge in [0.2, 0.25) is 0 Å². The van der Waals surface area contributed by atoms with Crippen molar-refractivity contribution in [1.82, 2.24) is 9.55 Å². The van der Waals surface area contributed by atoms with Crippen LogP contribution in [0.25, 0.3) is 0 Å². The molecule has 4 heteroatoms. The van der Waals surface area contributed by atoms with E-state index in [4.69, 9.17) is 0 Å². The smallest absolute Gasteiger partial charge is 0.301 e. The number of hydrogen-bond donors (Lipinski definition) is 1. The van der Waals surface area contributed by atoms with Crippen LogP contribution < -0.4 is 11.0 Å². The molecule has 0 aromatic carbocycles. The van der Waals surface area contributed by atoms with Crippen LogP contribution in [0.3, 0.4) is 0 Å². The molecule has 0 aliphatic rings. The van der Waals surface area contributed by atoms with Crippen molar-refractivity contribution in [2.45, 2.75) is 13.3 Å². The van der Waals surface area contributed by atoms with E-state index in [1.807, 2.05) is 6.92 Å². The van der Waals surface area contributed by atoms with E-state index in [9.17, 15) is 4.79 Å².